The summed E-state index contributed by atoms with van der Waals surface area (Å²) in [7, 11) is 0. The van der Waals surface area contributed by atoms with Crippen LogP contribution in [-0.4, -0.2) is 29.9 Å². The van der Waals surface area contributed by atoms with E-state index >= 15 is 0 Å². The van der Waals surface area contributed by atoms with Crippen molar-refractivity contribution in [2.75, 3.05) is 13.1 Å². The highest BCUT2D eigenvalue weighted by molar-refractivity contribution is 5.76. The molecule has 3 rings (SSSR count). The molecule has 1 aliphatic heterocycles. The van der Waals surface area contributed by atoms with E-state index in [1.54, 1.807) is 0 Å². The Bertz CT molecular complexity index is 552. The Morgan fingerprint density at radius 1 is 1.36 bits per heavy atom. The Balaban J connectivity index is 1.45. The van der Waals surface area contributed by atoms with Crippen LogP contribution in [0.15, 0.2) is 36.4 Å². The van der Waals surface area contributed by atoms with Crippen LogP contribution < -0.4 is 5.32 Å². The number of amides is 1. The molecule has 1 aliphatic carbocycles. The lowest BCUT2D eigenvalue weighted by molar-refractivity contribution is -0.121. The second kappa shape index (κ2) is 7.10. The quantitative estimate of drug-likeness (QED) is 0.848. The minimum absolute atomic E-state index is 0.195. The van der Waals surface area contributed by atoms with Gasteiger partial charge < -0.3 is 5.32 Å². The SMILES string of the molecule is C[C@H](CNC(=O)C[C@H]1C=CCC1)N1CCc2ccccc2C1. The molecule has 0 saturated heterocycles. The molecule has 2 aliphatic rings. The number of benzene rings is 1. The third-order valence-electron chi connectivity index (χ3n) is 4.94. The van der Waals surface area contributed by atoms with Gasteiger partial charge in [-0.1, -0.05) is 36.4 Å². The van der Waals surface area contributed by atoms with Crippen molar-refractivity contribution in [3.63, 3.8) is 0 Å². The smallest absolute Gasteiger partial charge is 0.220 e. The monoisotopic (exact) mass is 298 g/mol. The molecule has 0 unspecified atom stereocenters. The van der Waals surface area contributed by atoms with Gasteiger partial charge in [0.25, 0.3) is 0 Å². The highest BCUT2D eigenvalue weighted by atomic mass is 16.1. The molecule has 0 saturated carbocycles. The van der Waals surface area contributed by atoms with Crippen LogP contribution in [0.3, 0.4) is 0 Å². The number of rotatable bonds is 5. The van der Waals surface area contributed by atoms with Gasteiger partial charge in [0, 0.05) is 32.1 Å². The first-order valence-corrected chi connectivity index (χ1v) is 8.46. The molecule has 0 aromatic heterocycles. The molecule has 1 aromatic rings. The Labute approximate surface area is 133 Å². The third kappa shape index (κ3) is 3.77. The van der Waals surface area contributed by atoms with Crippen LogP contribution in [-0.2, 0) is 17.8 Å². The lowest BCUT2D eigenvalue weighted by Gasteiger charge is -2.33. The molecule has 0 spiro atoms. The molecule has 3 nitrogen and oxygen atoms in total. The topological polar surface area (TPSA) is 32.3 Å². The van der Waals surface area contributed by atoms with Crippen LogP contribution in [0.5, 0.6) is 0 Å². The van der Waals surface area contributed by atoms with E-state index in [-0.39, 0.29) is 5.91 Å². The molecule has 0 fully saturated rings. The molecular formula is C19H26N2O. The minimum Gasteiger partial charge on any atom is -0.355 e. The number of fused-ring (bicyclic) bond motifs is 1. The van der Waals surface area contributed by atoms with Crippen molar-refractivity contribution in [2.24, 2.45) is 5.92 Å². The second-order valence-corrected chi connectivity index (χ2v) is 6.61. The van der Waals surface area contributed by atoms with Crippen molar-refractivity contribution in [3.8, 4) is 0 Å². The first kappa shape index (κ1) is 15.3. The average Bonchev–Trinajstić information content (AvgIpc) is 3.05. The van der Waals surface area contributed by atoms with E-state index in [0.29, 0.717) is 18.4 Å². The summed E-state index contributed by atoms with van der Waals surface area (Å²) < 4.78 is 0. The zero-order valence-electron chi connectivity index (χ0n) is 13.4. The van der Waals surface area contributed by atoms with E-state index in [0.717, 1.165) is 38.9 Å². The number of allylic oxidation sites excluding steroid dienone is 2. The van der Waals surface area contributed by atoms with Crippen molar-refractivity contribution in [3.05, 3.63) is 47.5 Å². The van der Waals surface area contributed by atoms with E-state index in [2.05, 4.69) is 53.6 Å². The van der Waals surface area contributed by atoms with Crippen LogP contribution in [0, 0.1) is 5.92 Å². The summed E-state index contributed by atoms with van der Waals surface area (Å²) in [6.45, 7) is 5.04. The van der Waals surface area contributed by atoms with E-state index in [4.69, 9.17) is 0 Å². The van der Waals surface area contributed by atoms with E-state index in [9.17, 15) is 4.79 Å². The fourth-order valence-corrected chi connectivity index (χ4v) is 3.46. The van der Waals surface area contributed by atoms with Gasteiger partial charge in [0.05, 0.1) is 0 Å². The summed E-state index contributed by atoms with van der Waals surface area (Å²) in [6.07, 6.45) is 8.39. The van der Waals surface area contributed by atoms with Gasteiger partial charge in [0.2, 0.25) is 5.91 Å². The normalized spacial score (nSPS) is 22.3. The fraction of sp³-hybridized carbons (Fsp3) is 0.526. The Kier molecular flexibility index (Phi) is 4.94. The first-order valence-electron chi connectivity index (χ1n) is 8.46. The van der Waals surface area contributed by atoms with Crippen molar-refractivity contribution >= 4 is 5.91 Å². The number of nitrogens with one attached hydrogen (secondary N) is 1. The molecule has 2 atom stereocenters. The number of carbonyl (C=O) groups is 1. The molecule has 1 aromatic carbocycles. The van der Waals surface area contributed by atoms with Gasteiger partial charge in [-0.15, -0.1) is 0 Å². The number of carbonyl (C=O) groups excluding carboxylic acids is 1. The van der Waals surface area contributed by atoms with Crippen molar-refractivity contribution in [2.45, 2.75) is 45.2 Å². The maximum atomic E-state index is 12.0. The van der Waals surface area contributed by atoms with Gasteiger partial charge in [-0.25, -0.2) is 0 Å². The molecule has 1 N–H and O–H groups in total. The second-order valence-electron chi connectivity index (χ2n) is 6.61. The van der Waals surface area contributed by atoms with E-state index in [1.807, 2.05) is 0 Å². The number of hydrogen-bond acceptors (Lipinski definition) is 2. The Hall–Kier alpha value is -1.61. The van der Waals surface area contributed by atoms with Crippen LogP contribution in [0.1, 0.15) is 37.3 Å². The van der Waals surface area contributed by atoms with Crippen molar-refractivity contribution in [1.82, 2.24) is 10.2 Å². The van der Waals surface area contributed by atoms with E-state index in [1.165, 1.54) is 11.1 Å². The molecule has 22 heavy (non-hydrogen) atoms. The Morgan fingerprint density at radius 3 is 2.95 bits per heavy atom. The van der Waals surface area contributed by atoms with Crippen LogP contribution in [0.25, 0.3) is 0 Å². The molecule has 3 heteroatoms. The highest BCUT2D eigenvalue weighted by Crippen LogP contribution is 2.21. The molecule has 1 amide bonds. The third-order valence-corrected chi connectivity index (χ3v) is 4.94. The molecule has 118 valence electrons. The van der Waals surface area contributed by atoms with Crippen LogP contribution in [0.2, 0.25) is 0 Å². The summed E-state index contributed by atoms with van der Waals surface area (Å²) >= 11 is 0. The number of hydrogen-bond donors (Lipinski definition) is 1. The molecule has 0 radical (unpaired) electrons. The minimum atomic E-state index is 0.195. The zero-order chi connectivity index (χ0) is 15.4. The Morgan fingerprint density at radius 2 is 2.18 bits per heavy atom. The van der Waals surface area contributed by atoms with Crippen LogP contribution >= 0.6 is 0 Å². The van der Waals surface area contributed by atoms with Gasteiger partial charge >= 0.3 is 0 Å². The van der Waals surface area contributed by atoms with Gasteiger partial charge in [0.15, 0.2) is 0 Å². The van der Waals surface area contributed by atoms with Gasteiger partial charge in [-0.2, -0.15) is 0 Å². The van der Waals surface area contributed by atoms with Crippen molar-refractivity contribution < 1.29 is 4.79 Å². The maximum Gasteiger partial charge on any atom is 0.220 e. The van der Waals surface area contributed by atoms with Gasteiger partial charge in [-0.05, 0) is 43.2 Å². The molecule has 1 heterocycles. The first-order chi connectivity index (χ1) is 10.7. The summed E-state index contributed by atoms with van der Waals surface area (Å²) in [5.74, 6) is 0.651. The fourth-order valence-electron chi connectivity index (χ4n) is 3.46. The lowest BCUT2D eigenvalue weighted by Crippen LogP contribution is -2.44. The summed E-state index contributed by atoms with van der Waals surface area (Å²) in [4.78, 5) is 14.5. The summed E-state index contributed by atoms with van der Waals surface area (Å²) in [5, 5.41) is 3.12. The lowest BCUT2D eigenvalue weighted by atomic mass is 9.99. The van der Waals surface area contributed by atoms with E-state index < -0.39 is 0 Å². The van der Waals surface area contributed by atoms with Gasteiger partial charge in [0.1, 0.15) is 0 Å². The predicted molar refractivity (Wildman–Crippen MR) is 89.5 cm³/mol. The zero-order valence-corrected chi connectivity index (χ0v) is 13.4. The summed E-state index contributed by atoms with van der Waals surface area (Å²) in [5.41, 5.74) is 2.91. The standard InChI is InChI=1S/C19H26N2O/c1-15(13-20-19(22)12-16-6-2-3-7-16)21-11-10-17-8-4-5-9-18(17)14-21/h2,4-6,8-9,15-16H,3,7,10-14H2,1H3,(H,20,22)/t15-,16+/m1/s1. The number of nitrogens with zero attached hydrogens (tertiary/aromatic N) is 1. The van der Waals surface area contributed by atoms with Gasteiger partial charge in [-0.3, -0.25) is 9.69 Å². The molecular weight excluding hydrogens is 272 g/mol. The highest BCUT2D eigenvalue weighted by Gasteiger charge is 2.21. The van der Waals surface area contributed by atoms with Crippen molar-refractivity contribution in [1.29, 1.82) is 0 Å². The largest absolute Gasteiger partial charge is 0.355 e. The maximum absolute atomic E-state index is 12.0. The summed E-state index contributed by atoms with van der Waals surface area (Å²) in [6, 6.07) is 9.07. The molecule has 0 bridgehead atoms. The average molecular weight is 298 g/mol. The predicted octanol–water partition coefficient (Wildman–Crippen LogP) is 2.91. The van der Waals surface area contributed by atoms with Crippen LogP contribution in [0.4, 0.5) is 0 Å².